The monoisotopic (exact) mass is 240 g/mol. The van der Waals surface area contributed by atoms with Crippen LogP contribution in [-0.2, 0) is 6.54 Å². The van der Waals surface area contributed by atoms with Gasteiger partial charge in [0.2, 0.25) is 0 Å². The zero-order valence-electron chi connectivity index (χ0n) is 10.6. The number of nitrogens with one attached hydrogen (secondary N) is 1. The largest absolute Gasteiger partial charge is 0.378 e. The number of rotatable bonds is 4. The number of anilines is 1. The van der Waals surface area contributed by atoms with E-state index in [1.807, 2.05) is 35.3 Å². The molecule has 0 amide bonds. The minimum atomic E-state index is 0.166. The van der Waals surface area contributed by atoms with Gasteiger partial charge in [0.25, 0.3) is 0 Å². The van der Waals surface area contributed by atoms with Gasteiger partial charge in [0.1, 0.15) is 0 Å². The van der Waals surface area contributed by atoms with Crippen molar-refractivity contribution in [3.05, 3.63) is 47.8 Å². The average Bonchev–Trinajstić information content (AvgIpc) is 2.88. The summed E-state index contributed by atoms with van der Waals surface area (Å²) in [6, 6.07) is 9.79. The van der Waals surface area contributed by atoms with E-state index in [2.05, 4.69) is 30.3 Å². The Hall–Kier alpha value is -2.28. The lowest BCUT2D eigenvalue weighted by molar-refractivity contribution is 0.658. The summed E-state index contributed by atoms with van der Waals surface area (Å²) in [4.78, 5) is 0. The normalized spacial score (nSPS) is 11.8. The molecule has 4 heteroatoms. The number of benzene rings is 1. The summed E-state index contributed by atoms with van der Waals surface area (Å²) in [5.41, 5.74) is 2.75. The van der Waals surface area contributed by atoms with Crippen molar-refractivity contribution in [2.75, 3.05) is 5.32 Å². The molecule has 1 aromatic carbocycles. The van der Waals surface area contributed by atoms with Gasteiger partial charge in [-0.3, -0.25) is 4.68 Å². The fourth-order valence-corrected chi connectivity index (χ4v) is 1.79. The maximum absolute atomic E-state index is 8.86. The van der Waals surface area contributed by atoms with Crippen LogP contribution in [0.3, 0.4) is 0 Å². The Bertz CT molecular complexity index is 565. The highest BCUT2D eigenvalue weighted by Crippen LogP contribution is 2.19. The second-order valence-electron chi connectivity index (χ2n) is 4.19. The highest BCUT2D eigenvalue weighted by molar-refractivity contribution is 5.50. The molecule has 1 heterocycles. The third-order valence-corrected chi connectivity index (χ3v) is 2.85. The first-order valence-electron chi connectivity index (χ1n) is 6.02. The Balaban J connectivity index is 2.11. The lowest BCUT2D eigenvalue weighted by Gasteiger charge is -2.13. The molecule has 2 rings (SSSR count). The van der Waals surface area contributed by atoms with Gasteiger partial charge in [-0.05, 0) is 32.0 Å². The van der Waals surface area contributed by atoms with Crippen molar-refractivity contribution < 1.29 is 0 Å². The van der Waals surface area contributed by atoms with Crippen molar-refractivity contribution in [2.45, 2.75) is 26.4 Å². The van der Waals surface area contributed by atoms with Gasteiger partial charge in [-0.15, -0.1) is 0 Å². The summed E-state index contributed by atoms with van der Waals surface area (Å²) < 4.78 is 1.90. The highest BCUT2D eigenvalue weighted by atomic mass is 15.3. The molecule has 18 heavy (non-hydrogen) atoms. The van der Waals surface area contributed by atoms with Crippen LogP contribution in [0.5, 0.6) is 0 Å². The lowest BCUT2D eigenvalue weighted by Crippen LogP contribution is -2.05. The van der Waals surface area contributed by atoms with E-state index in [1.54, 1.807) is 6.07 Å². The number of nitriles is 1. The van der Waals surface area contributed by atoms with Gasteiger partial charge in [-0.25, -0.2) is 0 Å². The van der Waals surface area contributed by atoms with Gasteiger partial charge in [-0.1, -0.05) is 6.07 Å². The molecule has 1 aromatic heterocycles. The van der Waals surface area contributed by atoms with E-state index in [4.69, 9.17) is 5.26 Å². The summed E-state index contributed by atoms with van der Waals surface area (Å²) in [5, 5.41) is 16.5. The fourth-order valence-electron chi connectivity index (χ4n) is 1.79. The molecule has 0 fully saturated rings. The smallest absolute Gasteiger partial charge is 0.0992 e. The zero-order chi connectivity index (χ0) is 13.0. The maximum atomic E-state index is 8.86. The number of aryl methyl sites for hydroxylation is 1. The van der Waals surface area contributed by atoms with E-state index < -0.39 is 0 Å². The maximum Gasteiger partial charge on any atom is 0.0992 e. The van der Waals surface area contributed by atoms with Crippen LogP contribution in [0, 0.1) is 11.3 Å². The molecule has 4 nitrogen and oxygen atoms in total. The van der Waals surface area contributed by atoms with Crippen molar-refractivity contribution >= 4 is 5.69 Å². The molecule has 1 atom stereocenters. The summed E-state index contributed by atoms with van der Waals surface area (Å²) in [6.45, 7) is 5.01. The minimum absolute atomic E-state index is 0.166. The van der Waals surface area contributed by atoms with E-state index in [1.165, 1.54) is 0 Å². The van der Waals surface area contributed by atoms with Crippen molar-refractivity contribution in [3.63, 3.8) is 0 Å². The van der Waals surface area contributed by atoms with E-state index in [9.17, 15) is 0 Å². The molecule has 1 unspecified atom stereocenters. The Morgan fingerprint density at radius 2 is 2.33 bits per heavy atom. The van der Waals surface area contributed by atoms with Crippen LogP contribution in [0.4, 0.5) is 5.69 Å². The predicted molar refractivity (Wildman–Crippen MR) is 71.1 cm³/mol. The van der Waals surface area contributed by atoms with Crippen molar-refractivity contribution in [2.24, 2.45) is 0 Å². The van der Waals surface area contributed by atoms with Crippen molar-refractivity contribution in [1.82, 2.24) is 9.78 Å². The second-order valence-corrected chi connectivity index (χ2v) is 4.19. The number of hydrogen-bond donors (Lipinski definition) is 1. The Morgan fingerprint density at radius 1 is 1.50 bits per heavy atom. The Kier molecular flexibility index (Phi) is 3.63. The summed E-state index contributed by atoms with van der Waals surface area (Å²) >= 11 is 0. The van der Waals surface area contributed by atoms with Crippen LogP contribution in [0.2, 0.25) is 0 Å². The van der Waals surface area contributed by atoms with Gasteiger partial charge in [0.05, 0.1) is 23.9 Å². The van der Waals surface area contributed by atoms with Crippen molar-refractivity contribution in [1.29, 1.82) is 5.26 Å². The topological polar surface area (TPSA) is 53.6 Å². The van der Waals surface area contributed by atoms with Gasteiger partial charge in [-0.2, -0.15) is 10.4 Å². The van der Waals surface area contributed by atoms with Crippen LogP contribution >= 0.6 is 0 Å². The molecule has 0 bridgehead atoms. The summed E-state index contributed by atoms with van der Waals surface area (Å²) in [6.07, 6.45) is 3.90. The van der Waals surface area contributed by atoms with E-state index in [0.717, 1.165) is 17.8 Å². The van der Waals surface area contributed by atoms with Gasteiger partial charge in [0, 0.05) is 24.0 Å². The van der Waals surface area contributed by atoms with Gasteiger partial charge < -0.3 is 5.32 Å². The first-order valence-corrected chi connectivity index (χ1v) is 6.02. The molecule has 0 radical (unpaired) electrons. The predicted octanol–water partition coefficient (Wildman–Crippen LogP) is 2.95. The van der Waals surface area contributed by atoms with Crippen molar-refractivity contribution in [3.8, 4) is 6.07 Å². The molecule has 0 aliphatic carbocycles. The minimum Gasteiger partial charge on any atom is -0.378 e. The number of nitrogens with zero attached hydrogens (tertiary/aromatic N) is 3. The summed E-state index contributed by atoms with van der Waals surface area (Å²) in [7, 11) is 0. The summed E-state index contributed by atoms with van der Waals surface area (Å²) in [5.74, 6) is 0. The third-order valence-electron chi connectivity index (χ3n) is 2.85. The van der Waals surface area contributed by atoms with Gasteiger partial charge in [0.15, 0.2) is 0 Å². The van der Waals surface area contributed by atoms with Crippen LogP contribution in [0.15, 0.2) is 36.7 Å². The van der Waals surface area contributed by atoms with Gasteiger partial charge >= 0.3 is 0 Å². The molecule has 1 N–H and O–H groups in total. The lowest BCUT2D eigenvalue weighted by atomic mass is 10.1. The van der Waals surface area contributed by atoms with E-state index in [0.29, 0.717) is 5.56 Å². The zero-order valence-corrected chi connectivity index (χ0v) is 10.6. The van der Waals surface area contributed by atoms with Crippen LogP contribution < -0.4 is 5.32 Å². The quantitative estimate of drug-likeness (QED) is 0.893. The van der Waals surface area contributed by atoms with Crippen LogP contribution in [-0.4, -0.2) is 9.78 Å². The van der Waals surface area contributed by atoms with Crippen LogP contribution in [0.25, 0.3) is 0 Å². The standard InChI is InChI=1S/C14H16N4/c1-3-18-10-13(9-16-18)11(2)17-14-6-4-5-12(7-14)8-15/h4-7,9-11,17H,3H2,1-2H3. The third kappa shape index (κ3) is 2.69. The molecule has 0 aliphatic rings. The first kappa shape index (κ1) is 12.2. The van der Waals surface area contributed by atoms with E-state index >= 15 is 0 Å². The molecular formula is C14H16N4. The highest BCUT2D eigenvalue weighted by Gasteiger charge is 2.07. The SMILES string of the molecule is CCn1cc(C(C)Nc2cccc(C#N)c2)cn1. The van der Waals surface area contributed by atoms with Crippen LogP contribution in [0.1, 0.15) is 31.0 Å². The average molecular weight is 240 g/mol. The Morgan fingerprint density at radius 3 is 3.00 bits per heavy atom. The molecule has 0 spiro atoms. The first-order chi connectivity index (χ1) is 8.72. The molecule has 0 saturated carbocycles. The number of hydrogen-bond acceptors (Lipinski definition) is 3. The fraction of sp³-hybridized carbons (Fsp3) is 0.286. The molecule has 2 aromatic rings. The molecule has 0 saturated heterocycles. The Labute approximate surface area is 107 Å². The number of aromatic nitrogens is 2. The molecule has 0 aliphatic heterocycles. The second kappa shape index (κ2) is 5.37. The van der Waals surface area contributed by atoms with E-state index in [-0.39, 0.29) is 6.04 Å². The molecular weight excluding hydrogens is 224 g/mol. The molecule has 92 valence electrons.